The summed E-state index contributed by atoms with van der Waals surface area (Å²) in [7, 11) is 0. The van der Waals surface area contributed by atoms with Crippen LogP contribution in [-0.4, -0.2) is 40.4 Å². The molecule has 1 aromatic heterocycles. The number of likely N-dealkylation sites (tertiary alicyclic amines) is 1. The second-order valence-corrected chi connectivity index (χ2v) is 5.27. The van der Waals surface area contributed by atoms with Gasteiger partial charge in [-0.15, -0.1) is 13.2 Å². The van der Waals surface area contributed by atoms with Crippen LogP contribution in [0.15, 0.2) is 36.8 Å². The van der Waals surface area contributed by atoms with E-state index in [-0.39, 0.29) is 5.75 Å². The van der Waals surface area contributed by atoms with Gasteiger partial charge in [-0.3, -0.25) is 0 Å². The molecule has 0 radical (unpaired) electrons. The molecule has 0 atom stereocenters. The van der Waals surface area contributed by atoms with E-state index >= 15 is 0 Å². The van der Waals surface area contributed by atoms with E-state index in [4.69, 9.17) is 0 Å². The molecule has 0 amide bonds. The first-order valence-electron chi connectivity index (χ1n) is 7.10. The maximum absolute atomic E-state index is 12.2. The van der Waals surface area contributed by atoms with Crippen molar-refractivity contribution in [3.05, 3.63) is 36.8 Å². The Balaban J connectivity index is 1.68. The van der Waals surface area contributed by atoms with Crippen LogP contribution in [0.5, 0.6) is 5.75 Å². The van der Waals surface area contributed by atoms with Crippen molar-refractivity contribution in [3.8, 4) is 17.0 Å². The predicted molar refractivity (Wildman–Crippen MR) is 75.4 cm³/mol. The fourth-order valence-corrected chi connectivity index (χ4v) is 2.35. The van der Waals surface area contributed by atoms with Crippen LogP contribution in [0.25, 0.3) is 11.3 Å². The summed E-state index contributed by atoms with van der Waals surface area (Å²) in [4.78, 5) is 6.60. The lowest BCUT2D eigenvalue weighted by atomic mass is 10.1. The van der Waals surface area contributed by atoms with E-state index in [0.29, 0.717) is 11.3 Å². The third kappa shape index (κ3) is 3.79. The van der Waals surface area contributed by atoms with E-state index in [1.165, 1.54) is 24.6 Å². The van der Waals surface area contributed by atoms with Gasteiger partial charge in [0, 0.05) is 24.8 Å². The molecule has 2 aromatic rings. The molecule has 1 saturated heterocycles. The highest BCUT2D eigenvalue weighted by molar-refractivity contribution is 5.60. The van der Waals surface area contributed by atoms with Gasteiger partial charge in [-0.05, 0) is 31.6 Å². The van der Waals surface area contributed by atoms with Crippen LogP contribution in [0.1, 0.15) is 6.42 Å². The third-order valence-corrected chi connectivity index (χ3v) is 3.62. The lowest BCUT2D eigenvalue weighted by Crippen LogP contribution is -2.39. The highest BCUT2D eigenvalue weighted by atomic mass is 19.4. The van der Waals surface area contributed by atoms with Gasteiger partial charge in [-0.25, -0.2) is 4.98 Å². The number of alkyl halides is 3. The molecule has 0 N–H and O–H groups in total. The summed E-state index contributed by atoms with van der Waals surface area (Å²) in [6.45, 7) is 4.07. The summed E-state index contributed by atoms with van der Waals surface area (Å²) in [6.07, 6.45) is 0.106. The first-order chi connectivity index (χ1) is 10.5. The number of rotatable bonds is 5. The molecule has 4 nitrogen and oxygen atoms in total. The summed E-state index contributed by atoms with van der Waals surface area (Å²) in [5.74, 6) is -0.236. The minimum atomic E-state index is -4.69. The van der Waals surface area contributed by atoms with Gasteiger partial charge in [-0.2, -0.15) is 0 Å². The van der Waals surface area contributed by atoms with Crippen LogP contribution < -0.4 is 4.74 Å². The molecule has 22 heavy (non-hydrogen) atoms. The SMILES string of the molecule is FC(F)(F)Oc1cccc(-c2cn(CCN3CCC3)cn2)c1. The highest BCUT2D eigenvalue weighted by Gasteiger charge is 2.31. The van der Waals surface area contributed by atoms with Gasteiger partial charge in [0.1, 0.15) is 5.75 Å². The number of nitrogens with zero attached hydrogens (tertiary/aromatic N) is 3. The zero-order chi connectivity index (χ0) is 15.6. The van der Waals surface area contributed by atoms with E-state index in [2.05, 4.69) is 14.6 Å². The fourth-order valence-electron chi connectivity index (χ4n) is 2.35. The van der Waals surface area contributed by atoms with Crippen molar-refractivity contribution >= 4 is 0 Å². The van der Waals surface area contributed by atoms with Crippen molar-refractivity contribution in [2.75, 3.05) is 19.6 Å². The molecular weight excluding hydrogens is 295 g/mol. The molecule has 1 aliphatic heterocycles. The maximum Gasteiger partial charge on any atom is 0.573 e. The van der Waals surface area contributed by atoms with E-state index in [1.54, 1.807) is 12.4 Å². The quantitative estimate of drug-likeness (QED) is 0.850. The zero-order valence-electron chi connectivity index (χ0n) is 11.9. The van der Waals surface area contributed by atoms with Crippen LogP contribution >= 0.6 is 0 Å². The molecule has 7 heteroatoms. The fraction of sp³-hybridized carbons (Fsp3) is 0.400. The third-order valence-electron chi connectivity index (χ3n) is 3.62. The van der Waals surface area contributed by atoms with Crippen molar-refractivity contribution in [2.45, 2.75) is 19.3 Å². The van der Waals surface area contributed by atoms with Crippen LogP contribution in [0.2, 0.25) is 0 Å². The topological polar surface area (TPSA) is 30.3 Å². The molecule has 2 heterocycles. The van der Waals surface area contributed by atoms with Crippen LogP contribution in [0.4, 0.5) is 13.2 Å². The Morgan fingerprint density at radius 1 is 1.18 bits per heavy atom. The van der Waals surface area contributed by atoms with Crippen LogP contribution in [0.3, 0.4) is 0 Å². The maximum atomic E-state index is 12.2. The number of hydrogen-bond donors (Lipinski definition) is 0. The molecule has 0 spiro atoms. The first-order valence-corrected chi connectivity index (χ1v) is 7.10. The predicted octanol–water partition coefficient (Wildman–Crippen LogP) is 3.15. The standard InChI is InChI=1S/C15H16F3N3O/c16-15(17,18)22-13-4-1-3-12(9-13)14-10-21(11-19-14)8-7-20-5-2-6-20/h1,3-4,9-11H,2,5-8H2. The van der Waals surface area contributed by atoms with Crippen molar-refractivity contribution in [1.29, 1.82) is 0 Å². The Hall–Kier alpha value is -2.02. The molecule has 3 rings (SSSR count). The Morgan fingerprint density at radius 2 is 2.00 bits per heavy atom. The second-order valence-electron chi connectivity index (χ2n) is 5.27. The Morgan fingerprint density at radius 3 is 2.68 bits per heavy atom. The van der Waals surface area contributed by atoms with Crippen molar-refractivity contribution in [2.24, 2.45) is 0 Å². The molecule has 1 aliphatic rings. The first kappa shape index (κ1) is 14.9. The van der Waals surface area contributed by atoms with E-state index in [9.17, 15) is 13.2 Å². The number of ether oxygens (including phenoxy) is 1. The molecule has 118 valence electrons. The molecule has 0 bridgehead atoms. The van der Waals surface area contributed by atoms with Crippen LogP contribution in [-0.2, 0) is 6.54 Å². The Kier molecular flexibility index (Phi) is 4.06. The number of imidazole rings is 1. The number of aromatic nitrogens is 2. The van der Waals surface area contributed by atoms with Gasteiger partial charge in [-0.1, -0.05) is 12.1 Å². The Bertz CT molecular complexity index is 635. The average molecular weight is 311 g/mol. The molecule has 1 aromatic carbocycles. The minimum Gasteiger partial charge on any atom is -0.406 e. The second kappa shape index (κ2) is 6.00. The zero-order valence-corrected chi connectivity index (χ0v) is 11.9. The number of hydrogen-bond acceptors (Lipinski definition) is 3. The van der Waals surface area contributed by atoms with Gasteiger partial charge in [0.05, 0.1) is 12.0 Å². The van der Waals surface area contributed by atoms with E-state index < -0.39 is 6.36 Å². The van der Waals surface area contributed by atoms with Gasteiger partial charge in [0.25, 0.3) is 0 Å². The highest BCUT2D eigenvalue weighted by Crippen LogP contribution is 2.27. The molecule has 0 saturated carbocycles. The summed E-state index contributed by atoms with van der Waals surface area (Å²) >= 11 is 0. The van der Waals surface area contributed by atoms with Crippen molar-refractivity contribution < 1.29 is 17.9 Å². The summed E-state index contributed by atoms with van der Waals surface area (Å²) < 4.78 is 42.6. The summed E-state index contributed by atoms with van der Waals surface area (Å²) in [5, 5.41) is 0. The van der Waals surface area contributed by atoms with Gasteiger partial charge in [0.15, 0.2) is 0 Å². The molecule has 0 aliphatic carbocycles. The van der Waals surface area contributed by atoms with Crippen molar-refractivity contribution in [1.82, 2.24) is 14.5 Å². The minimum absolute atomic E-state index is 0.236. The smallest absolute Gasteiger partial charge is 0.406 e. The van der Waals surface area contributed by atoms with E-state index in [0.717, 1.165) is 26.2 Å². The van der Waals surface area contributed by atoms with E-state index in [1.807, 2.05) is 10.8 Å². The molecule has 1 fully saturated rings. The number of benzene rings is 1. The van der Waals surface area contributed by atoms with Gasteiger partial charge in [0.2, 0.25) is 0 Å². The van der Waals surface area contributed by atoms with Gasteiger partial charge >= 0.3 is 6.36 Å². The van der Waals surface area contributed by atoms with Crippen molar-refractivity contribution in [3.63, 3.8) is 0 Å². The lowest BCUT2D eigenvalue weighted by Gasteiger charge is -2.30. The monoisotopic (exact) mass is 311 g/mol. The molecule has 0 unspecified atom stereocenters. The lowest BCUT2D eigenvalue weighted by molar-refractivity contribution is -0.274. The summed E-state index contributed by atoms with van der Waals surface area (Å²) in [6, 6.07) is 5.86. The summed E-state index contributed by atoms with van der Waals surface area (Å²) in [5.41, 5.74) is 1.24. The Labute approximate surface area is 126 Å². The largest absolute Gasteiger partial charge is 0.573 e. The molecular formula is C15H16F3N3O. The average Bonchev–Trinajstić information content (AvgIpc) is 2.84. The van der Waals surface area contributed by atoms with Crippen LogP contribution in [0, 0.1) is 0 Å². The normalized spacial score (nSPS) is 15.6. The number of halogens is 3. The van der Waals surface area contributed by atoms with Gasteiger partial charge < -0.3 is 14.2 Å².